The van der Waals surface area contributed by atoms with Crippen LogP contribution in [0, 0.1) is 0 Å². The third kappa shape index (κ3) is 5.93. The SMILES string of the molecule is O=C(/C=C/c1ccc(-c2ccccc2)o1)Nc1cc(Cl)ccc1N1CCN(C(=O)c2ccccc2)CC1. The quantitative estimate of drug-likeness (QED) is 0.312. The average molecular weight is 512 g/mol. The first-order chi connectivity index (χ1) is 18.1. The van der Waals surface area contributed by atoms with Crippen LogP contribution in [0.5, 0.6) is 0 Å². The largest absolute Gasteiger partial charge is 0.457 e. The number of benzene rings is 3. The maximum Gasteiger partial charge on any atom is 0.253 e. The van der Waals surface area contributed by atoms with Crippen LogP contribution in [0.3, 0.4) is 0 Å². The molecule has 1 aliphatic heterocycles. The lowest BCUT2D eigenvalue weighted by molar-refractivity contribution is -0.111. The Balaban J connectivity index is 1.23. The number of piperazine rings is 1. The lowest BCUT2D eigenvalue weighted by Gasteiger charge is -2.37. The van der Waals surface area contributed by atoms with E-state index in [1.807, 2.05) is 83.8 Å². The fourth-order valence-corrected chi connectivity index (χ4v) is 4.50. The molecule has 1 aliphatic rings. The van der Waals surface area contributed by atoms with E-state index in [4.69, 9.17) is 16.0 Å². The molecule has 7 heteroatoms. The van der Waals surface area contributed by atoms with Crippen molar-refractivity contribution in [3.05, 3.63) is 113 Å². The van der Waals surface area contributed by atoms with Gasteiger partial charge in [-0.1, -0.05) is 60.1 Å². The zero-order chi connectivity index (χ0) is 25.6. The average Bonchev–Trinajstić information content (AvgIpc) is 3.42. The van der Waals surface area contributed by atoms with Gasteiger partial charge in [0.05, 0.1) is 11.4 Å². The van der Waals surface area contributed by atoms with E-state index in [2.05, 4.69) is 10.2 Å². The van der Waals surface area contributed by atoms with E-state index in [1.54, 1.807) is 18.2 Å². The van der Waals surface area contributed by atoms with Gasteiger partial charge in [-0.2, -0.15) is 0 Å². The van der Waals surface area contributed by atoms with Crippen molar-refractivity contribution in [3.63, 3.8) is 0 Å². The van der Waals surface area contributed by atoms with Crippen molar-refractivity contribution in [1.82, 2.24) is 4.90 Å². The normalized spacial score (nSPS) is 13.6. The summed E-state index contributed by atoms with van der Waals surface area (Å²) in [6.45, 7) is 2.47. The molecular formula is C30H26ClN3O3. The van der Waals surface area contributed by atoms with Gasteiger partial charge in [0.15, 0.2) is 0 Å². The molecule has 1 N–H and O–H groups in total. The van der Waals surface area contributed by atoms with Gasteiger partial charge < -0.3 is 19.5 Å². The van der Waals surface area contributed by atoms with Crippen molar-refractivity contribution in [2.75, 3.05) is 36.4 Å². The highest BCUT2D eigenvalue weighted by molar-refractivity contribution is 6.31. The summed E-state index contributed by atoms with van der Waals surface area (Å²) in [5, 5.41) is 3.47. The summed E-state index contributed by atoms with van der Waals surface area (Å²) >= 11 is 6.25. The van der Waals surface area contributed by atoms with Crippen LogP contribution in [0.1, 0.15) is 16.1 Å². The number of carbonyl (C=O) groups excluding carboxylic acids is 2. The van der Waals surface area contributed by atoms with Crippen LogP contribution < -0.4 is 10.2 Å². The van der Waals surface area contributed by atoms with Crippen molar-refractivity contribution in [1.29, 1.82) is 0 Å². The third-order valence-corrected chi connectivity index (χ3v) is 6.46. The summed E-state index contributed by atoms with van der Waals surface area (Å²) in [6, 6.07) is 28.2. The van der Waals surface area contributed by atoms with Gasteiger partial charge in [-0.15, -0.1) is 0 Å². The molecule has 1 aromatic heterocycles. The van der Waals surface area contributed by atoms with Crippen molar-refractivity contribution in [2.45, 2.75) is 0 Å². The summed E-state index contributed by atoms with van der Waals surface area (Å²) in [4.78, 5) is 29.6. The molecule has 0 saturated carbocycles. The molecule has 3 aromatic carbocycles. The van der Waals surface area contributed by atoms with Crippen LogP contribution in [0.2, 0.25) is 5.02 Å². The highest BCUT2D eigenvalue weighted by Gasteiger charge is 2.24. The number of nitrogens with zero attached hydrogens (tertiary/aromatic N) is 2. The first kappa shape index (κ1) is 24.4. The van der Waals surface area contributed by atoms with Crippen LogP contribution in [-0.4, -0.2) is 42.9 Å². The predicted molar refractivity (Wildman–Crippen MR) is 148 cm³/mol. The number of hydrogen-bond donors (Lipinski definition) is 1. The first-order valence-corrected chi connectivity index (χ1v) is 12.5. The molecule has 0 unspecified atom stereocenters. The van der Waals surface area contributed by atoms with Gasteiger partial charge in [-0.25, -0.2) is 0 Å². The molecule has 0 radical (unpaired) electrons. The summed E-state index contributed by atoms with van der Waals surface area (Å²) in [7, 11) is 0. The molecule has 0 bridgehead atoms. The minimum absolute atomic E-state index is 0.0309. The molecule has 186 valence electrons. The van der Waals surface area contributed by atoms with E-state index in [-0.39, 0.29) is 11.8 Å². The molecule has 2 amide bonds. The zero-order valence-electron chi connectivity index (χ0n) is 20.1. The van der Waals surface area contributed by atoms with Crippen LogP contribution in [0.15, 0.2) is 101 Å². The molecule has 1 fully saturated rings. The third-order valence-electron chi connectivity index (χ3n) is 6.23. The molecule has 37 heavy (non-hydrogen) atoms. The van der Waals surface area contributed by atoms with Gasteiger partial charge >= 0.3 is 0 Å². The molecular weight excluding hydrogens is 486 g/mol. The first-order valence-electron chi connectivity index (χ1n) is 12.1. The Labute approximate surface area is 220 Å². The van der Waals surface area contributed by atoms with Gasteiger partial charge in [-0.3, -0.25) is 9.59 Å². The maximum atomic E-state index is 12.8. The molecule has 2 heterocycles. The number of amides is 2. The fourth-order valence-electron chi connectivity index (χ4n) is 4.33. The minimum atomic E-state index is -0.293. The summed E-state index contributed by atoms with van der Waals surface area (Å²) in [5.41, 5.74) is 3.15. The van der Waals surface area contributed by atoms with Crippen LogP contribution in [-0.2, 0) is 4.79 Å². The molecule has 5 rings (SSSR count). The van der Waals surface area contributed by atoms with E-state index in [1.165, 1.54) is 6.08 Å². The molecule has 0 spiro atoms. The molecule has 1 saturated heterocycles. The Morgan fingerprint density at radius 3 is 2.27 bits per heavy atom. The number of anilines is 2. The van der Waals surface area contributed by atoms with Crippen molar-refractivity contribution < 1.29 is 14.0 Å². The second-order valence-corrected chi connectivity index (χ2v) is 9.13. The van der Waals surface area contributed by atoms with Gasteiger partial charge in [-0.05, 0) is 48.5 Å². The van der Waals surface area contributed by atoms with Crippen LogP contribution in [0.4, 0.5) is 11.4 Å². The Morgan fingerprint density at radius 1 is 0.838 bits per heavy atom. The number of halogens is 1. The van der Waals surface area contributed by atoms with Crippen molar-refractivity contribution >= 4 is 40.9 Å². The molecule has 0 atom stereocenters. The minimum Gasteiger partial charge on any atom is -0.457 e. The van der Waals surface area contributed by atoms with E-state index in [0.717, 1.165) is 17.0 Å². The van der Waals surface area contributed by atoms with Gasteiger partial charge in [0, 0.05) is 48.4 Å². The standard InChI is InChI=1S/C30H26ClN3O3/c31-24-11-14-27(33-17-19-34(20-18-33)30(36)23-9-5-2-6-10-23)26(21-24)32-29(35)16-13-25-12-15-28(37-25)22-7-3-1-4-8-22/h1-16,21H,17-20H2,(H,32,35)/b16-13+. The van der Waals surface area contributed by atoms with Gasteiger partial charge in [0.25, 0.3) is 5.91 Å². The summed E-state index contributed by atoms with van der Waals surface area (Å²) in [6.07, 6.45) is 3.08. The van der Waals surface area contributed by atoms with Crippen LogP contribution in [0.25, 0.3) is 17.4 Å². The van der Waals surface area contributed by atoms with Crippen molar-refractivity contribution in [2.24, 2.45) is 0 Å². The highest BCUT2D eigenvalue weighted by Crippen LogP contribution is 2.30. The fraction of sp³-hybridized carbons (Fsp3) is 0.133. The Hall–Kier alpha value is -4.29. The van der Waals surface area contributed by atoms with E-state index in [9.17, 15) is 9.59 Å². The smallest absolute Gasteiger partial charge is 0.253 e. The maximum absolute atomic E-state index is 12.8. The molecule has 4 aromatic rings. The topological polar surface area (TPSA) is 65.8 Å². The number of furan rings is 1. The van der Waals surface area contributed by atoms with Crippen LogP contribution >= 0.6 is 11.6 Å². The lowest BCUT2D eigenvalue weighted by atomic mass is 10.1. The Kier molecular flexibility index (Phi) is 7.38. The predicted octanol–water partition coefficient (Wildman–Crippen LogP) is 6.21. The Bertz CT molecular complexity index is 1410. The summed E-state index contributed by atoms with van der Waals surface area (Å²) in [5.74, 6) is 1.06. The number of nitrogens with one attached hydrogen (secondary N) is 1. The Morgan fingerprint density at radius 2 is 1.54 bits per heavy atom. The van der Waals surface area contributed by atoms with E-state index < -0.39 is 0 Å². The number of carbonyl (C=O) groups is 2. The summed E-state index contributed by atoms with van der Waals surface area (Å²) < 4.78 is 5.84. The number of hydrogen-bond acceptors (Lipinski definition) is 4. The second kappa shape index (κ2) is 11.2. The molecule has 0 aliphatic carbocycles. The second-order valence-electron chi connectivity index (χ2n) is 8.70. The monoisotopic (exact) mass is 511 g/mol. The van der Waals surface area contributed by atoms with E-state index >= 15 is 0 Å². The molecule has 6 nitrogen and oxygen atoms in total. The zero-order valence-corrected chi connectivity index (χ0v) is 20.9. The van der Waals surface area contributed by atoms with Gasteiger partial charge in [0.2, 0.25) is 5.91 Å². The highest BCUT2D eigenvalue weighted by atomic mass is 35.5. The lowest BCUT2D eigenvalue weighted by Crippen LogP contribution is -2.49. The van der Waals surface area contributed by atoms with Crippen molar-refractivity contribution in [3.8, 4) is 11.3 Å². The number of rotatable bonds is 6. The van der Waals surface area contributed by atoms with E-state index in [0.29, 0.717) is 48.2 Å². The van der Waals surface area contributed by atoms with Gasteiger partial charge in [0.1, 0.15) is 11.5 Å².